The van der Waals surface area contributed by atoms with Gasteiger partial charge in [-0.1, -0.05) is 13.8 Å². The van der Waals surface area contributed by atoms with Crippen LogP contribution in [0.4, 0.5) is 5.69 Å². The van der Waals surface area contributed by atoms with Gasteiger partial charge in [-0.2, -0.15) is 0 Å². The van der Waals surface area contributed by atoms with Gasteiger partial charge in [-0.25, -0.2) is 0 Å². The van der Waals surface area contributed by atoms with Crippen LogP contribution in [0.3, 0.4) is 0 Å². The molecule has 88 valence electrons. The van der Waals surface area contributed by atoms with Gasteiger partial charge in [0.05, 0.1) is 4.92 Å². The normalized spacial score (nSPS) is 10.7. The molecule has 0 saturated carbocycles. The Bertz CT molecular complexity index is 375. The quantitative estimate of drug-likeness (QED) is 0.614. The number of benzene rings is 1. The summed E-state index contributed by atoms with van der Waals surface area (Å²) in [6.07, 6.45) is 0. The average Bonchev–Trinajstić information content (AvgIpc) is 2.27. The van der Waals surface area contributed by atoms with Gasteiger partial charge >= 0.3 is 0 Å². The Morgan fingerprint density at radius 2 is 2.00 bits per heavy atom. The third kappa shape index (κ3) is 2.93. The standard InChI is InChI=1S/C11H16N2O3/c1-3-12(4-2)8-9-7-10(13(15)16)5-6-11(9)14/h5-7,14H,3-4,8H2,1-2H3. The van der Waals surface area contributed by atoms with E-state index in [0.29, 0.717) is 12.1 Å². The lowest BCUT2D eigenvalue weighted by molar-refractivity contribution is -0.385. The number of hydrogen-bond donors (Lipinski definition) is 1. The molecule has 0 unspecified atom stereocenters. The van der Waals surface area contributed by atoms with Crippen LogP contribution >= 0.6 is 0 Å². The molecular formula is C11H16N2O3. The molecule has 0 aliphatic heterocycles. The van der Waals surface area contributed by atoms with Crippen molar-refractivity contribution in [2.75, 3.05) is 13.1 Å². The summed E-state index contributed by atoms with van der Waals surface area (Å²) in [4.78, 5) is 12.2. The van der Waals surface area contributed by atoms with Crippen molar-refractivity contribution >= 4 is 5.69 Å². The Morgan fingerprint density at radius 3 is 2.50 bits per heavy atom. The van der Waals surface area contributed by atoms with E-state index in [1.807, 2.05) is 13.8 Å². The zero-order valence-electron chi connectivity index (χ0n) is 9.51. The van der Waals surface area contributed by atoms with Crippen LogP contribution in [0.2, 0.25) is 0 Å². The van der Waals surface area contributed by atoms with Gasteiger partial charge in [-0.15, -0.1) is 0 Å². The number of rotatable bonds is 5. The number of nitro groups is 1. The van der Waals surface area contributed by atoms with E-state index in [4.69, 9.17) is 0 Å². The minimum absolute atomic E-state index is 0.0138. The second-order valence-electron chi connectivity index (χ2n) is 3.53. The van der Waals surface area contributed by atoms with Crippen LogP contribution in [0.5, 0.6) is 5.75 Å². The summed E-state index contributed by atoms with van der Waals surface area (Å²) in [5.41, 5.74) is 0.609. The predicted octanol–water partition coefficient (Wildman–Crippen LogP) is 2.14. The third-order valence-electron chi connectivity index (χ3n) is 2.56. The highest BCUT2D eigenvalue weighted by Gasteiger charge is 2.11. The summed E-state index contributed by atoms with van der Waals surface area (Å²) in [6.45, 7) is 6.24. The van der Waals surface area contributed by atoms with E-state index in [1.165, 1.54) is 18.2 Å². The van der Waals surface area contributed by atoms with Crippen molar-refractivity contribution in [2.45, 2.75) is 20.4 Å². The van der Waals surface area contributed by atoms with E-state index >= 15 is 0 Å². The molecule has 0 bridgehead atoms. The van der Waals surface area contributed by atoms with Crippen LogP contribution in [0.15, 0.2) is 18.2 Å². The van der Waals surface area contributed by atoms with Crippen LogP contribution in [0.25, 0.3) is 0 Å². The third-order valence-corrected chi connectivity index (χ3v) is 2.56. The SMILES string of the molecule is CCN(CC)Cc1cc([N+](=O)[O-])ccc1O. The molecule has 0 spiro atoms. The van der Waals surface area contributed by atoms with Crippen molar-refractivity contribution < 1.29 is 10.0 Å². The molecule has 1 aromatic rings. The lowest BCUT2D eigenvalue weighted by Gasteiger charge is -2.18. The maximum Gasteiger partial charge on any atom is 0.270 e. The topological polar surface area (TPSA) is 66.6 Å². The Morgan fingerprint density at radius 1 is 1.38 bits per heavy atom. The van der Waals surface area contributed by atoms with Crippen molar-refractivity contribution in [1.29, 1.82) is 0 Å². The molecule has 5 nitrogen and oxygen atoms in total. The molecule has 1 rings (SSSR count). The van der Waals surface area contributed by atoms with Crippen LogP contribution < -0.4 is 0 Å². The molecule has 0 radical (unpaired) electrons. The van der Waals surface area contributed by atoms with Gasteiger partial charge in [0.1, 0.15) is 5.75 Å². The Labute approximate surface area is 94.5 Å². The van der Waals surface area contributed by atoms with E-state index < -0.39 is 4.92 Å². The highest BCUT2D eigenvalue weighted by atomic mass is 16.6. The number of nitrogens with zero attached hydrogens (tertiary/aromatic N) is 2. The summed E-state index contributed by atoms with van der Waals surface area (Å²) >= 11 is 0. The maximum atomic E-state index is 10.6. The molecule has 1 N–H and O–H groups in total. The zero-order chi connectivity index (χ0) is 12.1. The Kier molecular flexibility index (Phi) is 4.25. The first-order chi connectivity index (χ1) is 7.58. The zero-order valence-corrected chi connectivity index (χ0v) is 9.51. The summed E-state index contributed by atoms with van der Waals surface area (Å²) < 4.78 is 0. The highest BCUT2D eigenvalue weighted by Crippen LogP contribution is 2.24. The lowest BCUT2D eigenvalue weighted by atomic mass is 10.1. The van der Waals surface area contributed by atoms with E-state index in [0.717, 1.165) is 13.1 Å². The van der Waals surface area contributed by atoms with Gasteiger partial charge in [0.15, 0.2) is 0 Å². The van der Waals surface area contributed by atoms with E-state index in [-0.39, 0.29) is 11.4 Å². The van der Waals surface area contributed by atoms with Crippen LogP contribution in [-0.2, 0) is 6.54 Å². The molecule has 0 saturated heterocycles. The van der Waals surface area contributed by atoms with Crippen LogP contribution in [-0.4, -0.2) is 28.0 Å². The second-order valence-corrected chi connectivity index (χ2v) is 3.53. The summed E-state index contributed by atoms with van der Waals surface area (Å²) in [7, 11) is 0. The number of phenolic OH excluding ortho intramolecular Hbond substituents is 1. The molecule has 1 aromatic carbocycles. The molecule has 0 atom stereocenters. The number of non-ortho nitro benzene ring substituents is 1. The number of aromatic hydroxyl groups is 1. The first-order valence-electron chi connectivity index (χ1n) is 5.27. The average molecular weight is 224 g/mol. The molecule has 0 heterocycles. The minimum atomic E-state index is -0.453. The molecule has 16 heavy (non-hydrogen) atoms. The maximum absolute atomic E-state index is 10.6. The number of nitro benzene ring substituents is 1. The molecular weight excluding hydrogens is 208 g/mol. The fourth-order valence-electron chi connectivity index (χ4n) is 1.50. The van der Waals surface area contributed by atoms with Crippen molar-refractivity contribution in [3.05, 3.63) is 33.9 Å². The number of hydrogen-bond acceptors (Lipinski definition) is 4. The van der Waals surface area contributed by atoms with Gasteiger partial charge in [0.2, 0.25) is 0 Å². The van der Waals surface area contributed by atoms with E-state index in [2.05, 4.69) is 4.90 Å². The fourth-order valence-corrected chi connectivity index (χ4v) is 1.50. The van der Waals surface area contributed by atoms with Gasteiger partial charge in [0, 0.05) is 24.2 Å². The number of phenols is 1. The summed E-state index contributed by atoms with van der Waals surface area (Å²) in [6, 6.07) is 4.10. The molecule has 0 aliphatic carbocycles. The molecule has 0 aromatic heterocycles. The van der Waals surface area contributed by atoms with Crippen molar-refractivity contribution in [3.63, 3.8) is 0 Å². The van der Waals surface area contributed by atoms with Crippen LogP contribution in [0, 0.1) is 10.1 Å². The van der Waals surface area contributed by atoms with Crippen molar-refractivity contribution in [2.24, 2.45) is 0 Å². The van der Waals surface area contributed by atoms with Gasteiger partial charge in [-0.05, 0) is 19.2 Å². The minimum Gasteiger partial charge on any atom is -0.508 e. The first-order valence-corrected chi connectivity index (χ1v) is 5.27. The molecule has 0 amide bonds. The fraction of sp³-hybridized carbons (Fsp3) is 0.455. The second kappa shape index (κ2) is 5.46. The van der Waals surface area contributed by atoms with Crippen molar-refractivity contribution in [1.82, 2.24) is 4.90 Å². The predicted molar refractivity (Wildman–Crippen MR) is 61.4 cm³/mol. The van der Waals surface area contributed by atoms with Gasteiger partial charge in [-0.3, -0.25) is 15.0 Å². The first kappa shape index (κ1) is 12.4. The Hall–Kier alpha value is -1.62. The Balaban J connectivity index is 2.93. The largest absolute Gasteiger partial charge is 0.508 e. The van der Waals surface area contributed by atoms with Crippen LogP contribution in [0.1, 0.15) is 19.4 Å². The smallest absolute Gasteiger partial charge is 0.270 e. The van der Waals surface area contributed by atoms with E-state index in [1.54, 1.807) is 0 Å². The molecule has 0 fully saturated rings. The van der Waals surface area contributed by atoms with Gasteiger partial charge in [0.25, 0.3) is 5.69 Å². The monoisotopic (exact) mass is 224 g/mol. The lowest BCUT2D eigenvalue weighted by Crippen LogP contribution is -2.22. The highest BCUT2D eigenvalue weighted by molar-refractivity contribution is 5.42. The molecule has 5 heteroatoms. The van der Waals surface area contributed by atoms with Gasteiger partial charge < -0.3 is 5.11 Å². The summed E-state index contributed by atoms with van der Waals surface area (Å²) in [5, 5.41) is 20.2. The van der Waals surface area contributed by atoms with Crippen molar-refractivity contribution in [3.8, 4) is 5.75 Å². The molecule has 0 aliphatic rings. The summed E-state index contributed by atoms with van der Waals surface area (Å²) in [5.74, 6) is 0.109. The van der Waals surface area contributed by atoms with E-state index in [9.17, 15) is 15.2 Å².